The highest BCUT2D eigenvalue weighted by Crippen LogP contribution is 2.19. The summed E-state index contributed by atoms with van der Waals surface area (Å²) in [4.78, 5) is 12.4. The van der Waals surface area contributed by atoms with Crippen LogP contribution in [0, 0.1) is 13.8 Å². The second kappa shape index (κ2) is 8.06. The number of nitrogens with zero attached hydrogens (tertiary/aromatic N) is 2. The van der Waals surface area contributed by atoms with Crippen LogP contribution in [0.3, 0.4) is 0 Å². The molecule has 0 atom stereocenters. The molecule has 0 radical (unpaired) electrons. The minimum Gasteiger partial charge on any atom is -0.490 e. The Balaban J connectivity index is 1.62. The number of ether oxygens (including phenoxy) is 2. The Kier molecular flexibility index (Phi) is 5.58. The lowest BCUT2D eigenvalue weighted by atomic mass is 10.2. The zero-order valence-electron chi connectivity index (χ0n) is 14.6. The molecule has 1 aromatic heterocycles. The molecule has 0 aliphatic carbocycles. The molecule has 6 heteroatoms. The number of hydrogen-bond donors (Lipinski definition) is 0. The summed E-state index contributed by atoms with van der Waals surface area (Å²) in [5.74, 6) is 0.231. The first-order valence-corrected chi connectivity index (χ1v) is 8.61. The molecule has 3 aromatic rings. The van der Waals surface area contributed by atoms with Crippen LogP contribution in [0.2, 0.25) is 5.02 Å². The van der Waals surface area contributed by atoms with Crippen LogP contribution in [-0.2, 0) is 4.74 Å². The van der Waals surface area contributed by atoms with E-state index in [1.807, 2.05) is 37.3 Å². The topological polar surface area (TPSA) is 53.4 Å². The van der Waals surface area contributed by atoms with Gasteiger partial charge in [0.1, 0.15) is 24.5 Å². The van der Waals surface area contributed by atoms with Gasteiger partial charge in [-0.05, 0) is 44.2 Å². The molecule has 0 fully saturated rings. The third-order valence-electron chi connectivity index (χ3n) is 3.88. The molecular weight excluding hydrogens is 352 g/mol. The Morgan fingerprint density at radius 3 is 2.58 bits per heavy atom. The van der Waals surface area contributed by atoms with Crippen molar-refractivity contribution >= 4 is 17.6 Å². The number of para-hydroxylation sites is 1. The van der Waals surface area contributed by atoms with Gasteiger partial charge in [-0.1, -0.05) is 35.9 Å². The van der Waals surface area contributed by atoms with Gasteiger partial charge in [0.05, 0.1) is 17.1 Å². The zero-order valence-corrected chi connectivity index (χ0v) is 15.4. The average Bonchev–Trinajstić information content (AvgIpc) is 2.94. The first kappa shape index (κ1) is 18.0. The van der Waals surface area contributed by atoms with Crippen molar-refractivity contribution in [2.45, 2.75) is 13.8 Å². The van der Waals surface area contributed by atoms with Crippen LogP contribution in [0.15, 0.2) is 54.6 Å². The van der Waals surface area contributed by atoms with E-state index >= 15 is 0 Å². The maximum atomic E-state index is 12.4. The molecule has 1 heterocycles. The van der Waals surface area contributed by atoms with Gasteiger partial charge in [-0.2, -0.15) is 5.10 Å². The zero-order chi connectivity index (χ0) is 18.5. The van der Waals surface area contributed by atoms with Crippen molar-refractivity contribution in [1.82, 2.24) is 9.78 Å². The van der Waals surface area contributed by atoms with Gasteiger partial charge < -0.3 is 9.47 Å². The molecule has 0 saturated heterocycles. The highest BCUT2D eigenvalue weighted by atomic mass is 35.5. The molecule has 0 unspecified atom stereocenters. The van der Waals surface area contributed by atoms with Crippen molar-refractivity contribution in [2.24, 2.45) is 0 Å². The van der Waals surface area contributed by atoms with Gasteiger partial charge in [-0.3, -0.25) is 0 Å². The van der Waals surface area contributed by atoms with Crippen LogP contribution in [0.25, 0.3) is 5.69 Å². The Hall–Kier alpha value is -2.79. The van der Waals surface area contributed by atoms with Gasteiger partial charge in [0, 0.05) is 5.02 Å². The third-order valence-corrected chi connectivity index (χ3v) is 4.11. The summed E-state index contributed by atoms with van der Waals surface area (Å²) in [6.07, 6.45) is 0. The molecule has 134 valence electrons. The Morgan fingerprint density at radius 1 is 1.08 bits per heavy atom. The molecule has 0 aliphatic rings. The second-order valence-corrected chi connectivity index (χ2v) is 6.17. The van der Waals surface area contributed by atoms with Crippen molar-refractivity contribution in [3.63, 3.8) is 0 Å². The van der Waals surface area contributed by atoms with Gasteiger partial charge in [0.25, 0.3) is 0 Å². The minimum absolute atomic E-state index is 0.140. The number of carbonyl (C=O) groups is 1. The molecule has 0 spiro atoms. The molecule has 0 bridgehead atoms. The van der Waals surface area contributed by atoms with Crippen LogP contribution in [0.4, 0.5) is 0 Å². The fourth-order valence-corrected chi connectivity index (χ4v) is 2.86. The largest absolute Gasteiger partial charge is 0.490 e. The first-order chi connectivity index (χ1) is 12.6. The number of esters is 1. The van der Waals surface area contributed by atoms with Crippen molar-refractivity contribution in [2.75, 3.05) is 13.2 Å². The maximum Gasteiger partial charge on any atom is 0.342 e. The van der Waals surface area contributed by atoms with Crippen molar-refractivity contribution < 1.29 is 14.3 Å². The van der Waals surface area contributed by atoms with Gasteiger partial charge in [-0.15, -0.1) is 0 Å². The standard InChI is InChI=1S/C20H19ClN2O3/c1-14-19(15(2)23(22-14)17-8-4-3-5-9-17)20(24)26-12-11-25-18-10-6-7-16(21)13-18/h3-10,13H,11-12H2,1-2H3. The molecule has 26 heavy (non-hydrogen) atoms. The average molecular weight is 371 g/mol. The fourth-order valence-electron chi connectivity index (χ4n) is 2.68. The number of carbonyl (C=O) groups excluding carboxylic acids is 1. The van der Waals surface area contributed by atoms with E-state index in [0.29, 0.717) is 22.0 Å². The number of rotatable bonds is 6. The van der Waals surface area contributed by atoms with Crippen LogP contribution < -0.4 is 4.74 Å². The maximum absolute atomic E-state index is 12.4. The summed E-state index contributed by atoms with van der Waals surface area (Å²) in [6, 6.07) is 16.7. The van der Waals surface area contributed by atoms with Gasteiger partial charge >= 0.3 is 5.97 Å². The SMILES string of the molecule is Cc1nn(-c2ccccc2)c(C)c1C(=O)OCCOc1cccc(Cl)c1. The summed E-state index contributed by atoms with van der Waals surface area (Å²) < 4.78 is 12.6. The van der Waals surface area contributed by atoms with Crippen LogP contribution in [0.1, 0.15) is 21.7 Å². The lowest BCUT2D eigenvalue weighted by Crippen LogP contribution is -2.14. The van der Waals surface area contributed by atoms with E-state index in [9.17, 15) is 4.79 Å². The quantitative estimate of drug-likeness (QED) is 0.477. The molecule has 0 N–H and O–H groups in total. The lowest BCUT2D eigenvalue weighted by Gasteiger charge is -2.08. The molecule has 0 saturated carbocycles. The fraction of sp³-hybridized carbons (Fsp3) is 0.200. The Morgan fingerprint density at radius 2 is 1.85 bits per heavy atom. The van der Waals surface area contributed by atoms with E-state index in [0.717, 1.165) is 11.4 Å². The molecule has 2 aromatic carbocycles. The monoisotopic (exact) mass is 370 g/mol. The predicted molar refractivity (Wildman–Crippen MR) is 100 cm³/mol. The number of aromatic nitrogens is 2. The smallest absolute Gasteiger partial charge is 0.342 e. The van der Waals surface area contributed by atoms with Crippen LogP contribution in [-0.4, -0.2) is 29.0 Å². The summed E-state index contributed by atoms with van der Waals surface area (Å²) >= 11 is 5.90. The number of aryl methyl sites for hydroxylation is 1. The van der Waals surface area contributed by atoms with E-state index in [1.54, 1.807) is 35.9 Å². The van der Waals surface area contributed by atoms with Crippen molar-refractivity contribution in [1.29, 1.82) is 0 Å². The summed E-state index contributed by atoms with van der Waals surface area (Å²) in [7, 11) is 0. The van der Waals surface area contributed by atoms with Crippen molar-refractivity contribution in [3.05, 3.63) is 76.6 Å². The molecule has 0 aliphatic heterocycles. The minimum atomic E-state index is -0.406. The third kappa shape index (κ3) is 4.06. The number of benzene rings is 2. The van der Waals surface area contributed by atoms with Crippen LogP contribution in [0.5, 0.6) is 5.75 Å². The van der Waals surface area contributed by atoms with Gasteiger partial charge in [0.15, 0.2) is 0 Å². The highest BCUT2D eigenvalue weighted by molar-refractivity contribution is 6.30. The molecular formula is C20H19ClN2O3. The van der Waals surface area contributed by atoms with Gasteiger partial charge in [-0.25, -0.2) is 9.48 Å². The van der Waals surface area contributed by atoms with E-state index in [2.05, 4.69) is 5.10 Å². The molecule has 5 nitrogen and oxygen atoms in total. The predicted octanol–water partition coefficient (Wildman–Crippen LogP) is 4.38. The van der Waals surface area contributed by atoms with E-state index < -0.39 is 5.97 Å². The van der Waals surface area contributed by atoms with Crippen molar-refractivity contribution in [3.8, 4) is 11.4 Å². The molecule has 0 amide bonds. The number of hydrogen-bond acceptors (Lipinski definition) is 4. The van der Waals surface area contributed by atoms with Crippen LogP contribution >= 0.6 is 11.6 Å². The van der Waals surface area contributed by atoms with Gasteiger partial charge in [0.2, 0.25) is 0 Å². The second-order valence-electron chi connectivity index (χ2n) is 5.73. The normalized spacial score (nSPS) is 10.6. The molecule has 3 rings (SSSR count). The van der Waals surface area contributed by atoms with E-state index in [-0.39, 0.29) is 13.2 Å². The first-order valence-electron chi connectivity index (χ1n) is 8.23. The summed E-state index contributed by atoms with van der Waals surface area (Å²) in [5, 5.41) is 5.05. The summed E-state index contributed by atoms with van der Waals surface area (Å²) in [5.41, 5.74) is 2.76. The Bertz CT molecular complexity index is 907. The summed E-state index contributed by atoms with van der Waals surface area (Å²) in [6.45, 7) is 4.04. The highest BCUT2D eigenvalue weighted by Gasteiger charge is 2.20. The lowest BCUT2D eigenvalue weighted by molar-refractivity contribution is 0.0448. The number of halogens is 1. The van der Waals surface area contributed by atoms with E-state index in [4.69, 9.17) is 21.1 Å². The van der Waals surface area contributed by atoms with E-state index in [1.165, 1.54) is 0 Å². The Labute approximate surface area is 157 Å².